The average molecular weight is 323 g/mol. The summed E-state index contributed by atoms with van der Waals surface area (Å²) >= 11 is 3.46. The minimum absolute atomic E-state index is 0.181. The van der Waals surface area contributed by atoms with E-state index in [-0.39, 0.29) is 17.9 Å². The Balaban J connectivity index is 1.99. The number of ether oxygens (including phenoxy) is 1. The highest BCUT2D eigenvalue weighted by atomic mass is 32.1. The first-order valence-corrected chi connectivity index (χ1v) is 8.84. The summed E-state index contributed by atoms with van der Waals surface area (Å²) in [6, 6.07) is 6.13. The molecule has 2 aromatic rings. The van der Waals surface area contributed by atoms with Gasteiger partial charge in [0, 0.05) is 21.9 Å². The van der Waals surface area contributed by atoms with Crippen molar-refractivity contribution in [2.24, 2.45) is 5.92 Å². The van der Waals surface area contributed by atoms with Crippen LogP contribution in [0.5, 0.6) is 0 Å². The quantitative estimate of drug-likeness (QED) is 0.778. The van der Waals surface area contributed by atoms with Crippen molar-refractivity contribution in [3.8, 4) is 10.4 Å². The van der Waals surface area contributed by atoms with Crippen molar-refractivity contribution < 1.29 is 9.53 Å². The van der Waals surface area contributed by atoms with Crippen LogP contribution in [-0.2, 0) is 16.1 Å². The summed E-state index contributed by atoms with van der Waals surface area (Å²) in [5.41, 5.74) is 1.25. The van der Waals surface area contributed by atoms with Gasteiger partial charge in [-0.1, -0.05) is 26.3 Å². The number of thiophene rings is 2. The van der Waals surface area contributed by atoms with Crippen molar-refractivity contribution in [2.75, 3.05) is 7.11 Å². The molecule has 0 saturated carbocycles. The van der Waals surface area contributed by atoms with Gasteiger partial charge in [-0.15, -0.1) is 22.7 Å². The van der Waals surface area contributed by atoms with Gasteiger partial charge in [0.2, 0.25) is 0 Å². The van der Waals surface area contributed by atoms with Gasteiger partial charge in [-0.25, -0.2) is 0 Å². The molecule has 3 nitrogen and oxygen atoms in total. The summed E-state index contributed by atoms with van der Waals surface area (Å²) in [6.45, 7) is 4.85. The maximum atomic E-state index is 11.8. The normalized spacial score (nSPS) is 13.9. The van der Waals surface area contributed by atoms with E-state index in [1.807, 2.05) is 0 Å². The molecular weight excluding hydrogens is 302 g/mol. The Kier molecular flexibility index (Phi) is 5.96. The van der Waals surface area contributed by atoms with Gasteiger partial charge in [0.15, 0.2) is 0 Å². The molecule has 0 saturated heterocycles. The van der Waals surface area contributed by atoms with E-state index in [4.69, 9.17) is 4.74 Å². The van der Waals surface area contributed by atoms with E-state index < -0.39 is 0 Å². The summed E-state index contributed by atoms with van der Waals surface area (Å²) in [5.74, 6) is 0.0774. The summed E-state index contributed by atoms with van der Waals surface area (Å²) in [5, 5.41) is 7.59. The topological polar surface area (TPSA) is 38.3 Å². The van der Waals surface area contributed by atoms with Gasteiger partial charge in [-0.2, -0.15) is 0 Å². The van der Waals surface area contributed by atoms with E-state index in [0.29, 0.717) is 6.54 Å². The predicted molar refractivity (Wildman–Crippen MR) is 89.7 cm³/mol. The smallest absolute Gasteiger partial charge is 0.323 e. The Labute approximate surface area is 134 Å². The highest BCUT2D eigenvalue weighted by Crippen LogP contribution is 2.29. The summed E-state index contributed by atoms with van der Waals surface area (Å²) in [7, 11) is 1.44. The predicted octanol–water partition coefficient (Wildman–Crippen LogP) is 4.15. The van der Waals surface area contributed by atoms with Gasteiger partial charge in [0.25, 0.3) is 0 Å². The van der Waals surface area contributed by atoms with Crippen LogP contribution >= 0.6 is 22.7 Å². The fraction of sp³-hybridized carbons (Fsp3) is 0.438. The third kappa shape index (κ3) is 4.15. The maximum Gasteiger partial charge on any atom is 0.323 e. The molecule has 0 fully saturated rings. The highest BCUT2D eigenvalue weighted by Gasteiger charge is 2.24. The lowest BCUT2D eigenvalue weighted by atomic mass is 9.99. The summed E-state index contributed by atoms with van der Waals surface area (Å²) in [6.07, 6.45) is 0.942. The van der Waals surface area contributed by atoms with Gasteiger partial charge in [-0.05, 0) is 28.8 Å². The first-order chi connectivity index (χ1) is 10.2. The monoisotopic (exact) mass is 323 g/mol. The van der Waals surface area contributed by atoms with Crippen molar-refractivity contribution in [3.63, 3.8) is 0 Å². The minimum atomic E-state index is -0.243. The molecule has 0 aromatic carbocycles. The second-order valence-corrected chi connectivity index (χ2v) is 6.99. The molecule has 21 heavy (non-hydrogen) atoms. The lowest BCUT2D eigenvalue weighted by Crippen LogP contribution is -2.42. The zero-order chi connectivity index (χ0) is 15.2. The van der Waals surface area contributed by atoms with Crippen LogP contribution in [0.2, 0.25) is 0 Å². The van der Waals surface area contributed by atoms with Crippen LogP contribution in [0.3, 0.4) is 0 Å². The zero-order valence-electron chi connectivity index (χ0n) is 12.6. The summed E-state index contributed by atoms with van der Waals surface area (Å²) in [4.78, 5) is 14.4. The number of carbonyl (C=O) groups is 1. The van der Waals surface area contributed by atoms with E-state index in [2.05, 4.69) is 48.1 Å². The van der Waals surface area contributed by atoms with Crippen LogP contribution in [0.25, 0.3) is 10.4 Å². The number of carbonyl (C=O) groups excluding carboxylic acids is 1. The maximum absolute atomic E-state index is 11.8. The fourth-order valence-electron chi connectivity index (χ4n) is 2.14. The molecule has 0 amide bonds. The Morgan fingerprint density at radius 3 is 2.86 bits per heavy atom. The molecule has 0 aliphatic carbocycles. The number of hydrogen-bond acceptors (Lipinski definition) is 5. The van der Waals surface area contributed by atoms with Crippen molar-refractivity contribution in [2.45, 2.75) is 32.9 Å². The molecule has 114 valence electrons. The molecule has 2 atom stereocenters. The minimum Gasteiger partial charge on any atom is -0.468 e. The average Bonchev–Trinajstić information content (AvgIpc) is 3.17. The van der Waals surface area contributed by atoms with Crippen molar-refractivity contribution >= 4 is 28.6 Å². The summed E-state index contributed by atoms with van der Waals surface area (Å²) < 4.78 is 4.89. The first-order valence-electron chi connectivity index (χ1n) is 7.08. The number of nitrogens with one attached hydrogen (secondary N) is 1. The van der Waals surface area contributed by atoms with E-state index >= 15 is 0 Å². The van der Waals surface area contributed by atoms with Gasteiger partial charge >= 0.3 is 5.97 Å². The molecule has 2 unspecified atom stereocenters. The van der Waals surface area contributed by atoms with Crippen LogP contribution in [0, 0.1) is 5.92 Å². The van der Waals surface area contributed by atoms with E-state index in [1.165, 1.54) is 22.4 Å². The van der Waals surface area contributed by atoms with Gasteiger partial charge in [0.05, 0.1) is 7.11 Å². The molecule has 2 heterocycles. The molecule has 0 bridgehead atoms. The van der Waals surface area contributed by atoms with E-state index in [1.54, 1.807) is 22.7 Å². The molecular formula is C16H21NO2S2. The standard InChI is InChI=1S/C16H21NO2S2/c1-4-11(2)15(16(18)19-3)17-9-13-8-12(10-21-13)14-6-5-7-20-14/h5-8,10-11,15,17H,4,9H2,1-3H3. The Bertz CT molecular complexity index is 563. The molecule has 0 spiro atoms. The van der Waals surface area contributed by atoms with Crippen LogP contribution in [0.15, 0.2) is 29.0 Å². The number of esters is 1. The molecule has 0 aliphatic heterocycles. The highest BCUT2D eigenvalue weighted by molar-refractivity contribution is 7.14. The molecule has 0 aliphatic rings. The van der Waals surface area contributed by atoms with E-state index in [9.17, 15) is 4.79 Å². The Morgan fingerprint density at radius 1 is 1.43 bits per heavy atom. The van der Waals surface area contributed by atoms with Crippen molar-refractivity contribution in [1.29, 1.82) is 0 Å². The Morgan fingerprint density at radius 2 is 2.24 bits per heavy atom. The number of methoxy groups -OCH3 is 1. The third-order valence-corrected chi connectivity index (χ3v) is 5.48. The molecule has 1 N–H and O–H groups in total. The van der Waals surface area contributed by atoms with Crippen molar-refractivity contribution in [3.05, 3.63) is 33.8 Å². The molecule has 0 radical (unpaired) electrons. The molecule has 5 heteroatoms. The third-order valence-electron chi connectivity index (χ3n) is 3.62. The van der Waals surface area contributed by atoms with Crippen LogP contribution in [-0.4, -0.2) is 19.1 Å². The second kappa shape index (κ2) is 7.73. The number of rotatable bonds is 7. The fourth-order valence-corrected chi connectivity index (χ4v) is 3.76. The van der Waals surface area contributed by atoms with Gasteiger partial charge in [0.1, 0.15) is 6.04 Å². The van der Waals surface area contributed by atoms with Crippen LogP contribution in [0.4, 0.5) is 0 Å². The lowest BCUT2D eigenvalue weighted by Gasteiger charge is -2.21. The SMILES string of the molecule is CCC(C)C(NCc1cc(-c2cccs2)cs1)C(=O)OC. The lowest BCUT2D eigenvalue weighted by molar-refractivity contribution is -0.144. The zero-order valence-corrected chi connectivity index (χ0v) is 14.2. The Hall–Kier alpha value is -1.17. The number of hydrogen-bond donors (Lipinski definition) is 1. The first kappa shape index (κ1) is 16.2. The van der Waals surface area contributed by atoms with E-state index in [0.717, 1.165) is 6.42 Å². The second-order valence-electron chi connectivity index (χ2n) is 5.05. The van der Waals surface area contributed by atoms with Gasteiger partial charge in [-0.3, -0.25) is 10.1 Å². The largest absolute Gasteiger partial charge is 0.468 e. The van der Waals surface area contributed by atoms with Crippen LogP contribution in [0.1, 0.15) is 25.1 Å². The molecule has 2 aromatic heterocycles. The van der Waals surface area contributed by atoms with Crippen molar-refractivity contribution in [1.82, 2.24) is 5.32 Å². The molecule has 2 rings (SSSR count). The van der Waals surface area contributed by atoms with Crippen LogP contribution < -0.4 is 5.32 Å². The van der Waals surface area contributed by atoms with Gasteiger partial charge < -0.3 is 4.74 Å².